The molecule has 2 unspecified atom stereocenters. The summed E-state index contributed by atoms with van der Waals surface area (Å²) < 4.78 is -0.106. The molecule has 59 heavy (non-hydrogen) atoms. The van der Waals surface area contributed by atoms with E-state index in [4.69, 9.17) is 17.0 Å². The molecule has 0 N–H and O–H groups in total. The number of hydrogen-bond acceptors (Lipinski definition) is 0. The Kier molecular flexibility index (Phi) is 11.0. The molecule has 0 bridgehead atoms. The molecule has 0 amide bonds. The van der Waals surface area contributed by atoms with Crippen LogP contribution in [0.25, 0.3) is 34.4 Å². The molecule has 0 spiro atoms. The zero-order chi connectivity index (χ0) is 42.1. The molecule has 2 aliphatic carbocycles. The molecule has 0 nitrogen and oxygen atoms in total. The summed E-state index contributed by atoms with van der Waals surface area (Å²) in [6.45, 7) is 23.2. The predicted octanol–water partition coefficient (Wildman–Crippen LogP) is 16.3. The fourth-order valence-corrected chi connectivity index (χ4v) is 42.2. The Labute approximate surface area is 363 Å². The van der Waals surface area contributed by atoms with Crippen LogP contribution >= 0.6 is 17.0 Å². The Bertz CT molecular complexity index is 2550. The maximum atomic E-state index is 9.07. The number of benzene rings is 6. The van der Waals surface area contributed by atoms with Crippen molar-refractivity contribution in [2.24, 2.45) is 0 Å². The van der Waals surface area contributed by atoms with Crippen molar-refractivity contribution in [1.82, 2.24) is 0 Å². The first kappa shape index (κ1) is 42.2. The Morgan fingerprint density at radius 2 is 1.02 bits per heavy atom. The molecule has 0 radical (unpaired) electrons. The van der Waals surface area contributed by atoms with Gasteiger partial charge in [-0.05, 0) is 0 Å². The van der Waals surface area contributed by atoms with Crippen molar-refractivity contribution < 1.29 is 15.6 Å². The second-order valence-electron chi connectivity index (χ2n) is 19.8. The summed E-state index contributed by atoms with van der Waals surface area (Å²) in [6.07, 6.45) is 4.98. The van der Waals surface area contributed by atoms with Crippen LogP contribution in [0.5, 0.6) is 0 Å². The van der Waals surface area contributed by atoms with Gasteiger partial charge in [-0.1, -0.05) is 0 Å². The minimum atomic E-state index is -5.21. The van der Waals surface area contributed by atoms with Crippen LogP contribution in [0.4, 0.5) is 0 Å². The topological polar surface area (TPSA) is 0 Å². The third kappa shape index (κ3) is 7.29. The number of rotatable bonds is 8. The van der Waals surface area contributed by atoms with Crippen LogP contribution in [-0.2, 0) is 26.4 Å². The van der Waals surface area contributed by atoms with Gasteiger partial charge >= 0.3 is 366 Å². The monoisotopic (exact) mass is 907 g/mol. The van der Waals surface area contributed by atoms with E-state index >= 15 is 0 Å². The van der Waals surface area contributed by atoms with Crippen molar-refractivity contribution in [3.8, 4) is 22.3 Å². The van der Waals surface area contributed by atoms with Crippen LogP contribution in [-0.4, -0.2) is 5.92 Å². The number of aryl methyl sites for hydroxylation is 1. The average molecular weight is 910 g/mol. The molecule has 0 aromatic heterocycles. The average Bonchev–Trinajstić information content (AvgIpc) is 3.78. The van der Waals surface area contributed by atoms with E-state index in [1.54, 1.807) is 0 Å². The van der Waals surface area contributed by atoms with Gasteiger partial charge in [0.1, 0.15) is 0 Å². The van der Waals surface area contributed by atoms with Crippen molar-refractivity contribution in [3.05, 3.63) is 201 Å². The first-order chi connectivity index (χ1) is 27.9. The first-order valence-corrected chi connectivity index (χ1v) is 37.8. The van der Waals surface area contributed by atoms with Crippen molar-refractivity contribution in [1.29, 1.82) is 0 Å². The molecular formula is C55H59Cl2SiZr. The zero-order valence-corrected chi connectivity index (χ0v) is 41.6. The fraction of sp³-hybridized carbons (Fsp3) is 0.273. The van der Waals surface area contributed by atoms with Crippen LogP contribution in [0.15, 0.2) is 151 Å². The maximum absolute atomic E-state index is 9.07. The van der Waals surface area contributed by atoms with Crippen molar-refractivity contribution >= 4 is 35.1 Å². The van der Waals surface area contributed by atoms with E-state index in [1.165, 1.54) is 83.5 Å². The van der Waals surface area contributed by atoms with Crippen molar-refractivity contribution in [2.45, 2.75) is 92.5 Å². The fourth-order valence-electron chi connectivity index (χ4n) is 10.3. The summed E-state index contributed by atoms with van der Waals surface area (Å²) in [5.41, 5.74) is 19.5. The Hall–Kier alpha value is -3.52. The molecule has 8 rings (SSSR count). The summed E-state index contributed by atoms with van der Waals surface area (Å²) in [7, 11) is 18.1. The van der Waals surface area contributed by atoms with E-state index in [0.29, 0.717) is 0 Å². The summed E-state index contributed by atoms with van der Waals surface area (Å²) in [6, 6.07) is 52.1. The molecule has 0 aliphatic heterocycles. The van der Waals surface area contributed by atoms with E-state index in [2.05, 4.69) is 220 Å². The van der Waals surface area contributed by atoms with Gasteiger partial charge in [-0.3, -0.25) is 0 Å². The normalized spacial score (nSPS) is 17.4. The predicted molar refractivity (Wildman–Crippen MR) is 258 cm³/mol. The number of fused-ring (bicyclic) bond motifs is 2. The Morgan fingerprint density at radius 1 is 0.525 bits per heavy atom. The summed E-state index contributed by atoms with van der Waals surface area (Å²) in [4.78, 5) is 0. The SMILES string of the molecule is CC1=Cc2c(-c3ccc(C(C)(C)C)cc3)ccc(C)c2[CH]1[Zr]([Cl])([Cl])([CH]1C(C(c2ccccc2)c2ccccc2)=Cc2c(-c3ccc(C(C)(C)C)cc3)cccc21)[SiH](C)C. The summed E-state index contributed by atoms with van der Waals surface area (Å²) in [5, 5.41) is 0. The van der Waals surface area contributed by atoms with E-state index in [9.17, 15) is 0 Å². The zero-order valence-electron chi connectivity index (χ0n) is 36.5. The number of halogens is 2. The van der Waals surface area contributed by atoms with Crippen molar-refractivity contribution in [2.75, 3.05) is 0 Å². The summed E-state index contributed by atoms with van der Waals surface area (Å²) in [5.74, 6) is -1.85. The molecular weight excluding hydrogens is 851 g/mol. The molecule has 301 valence electrons. The van der Waals surface area contributed by atoms with Gasteiger partial charge < -0.3 is 0 Å². The van der Waals surface area contributed by atoms with Crippen LogP contribution in [0.1, 0.15) is 112 Å². The molecule has 4 heteroatoms. The van der Waals surface area contributed by atoms with Gasteiger partial charge in [0, 0.05) is 0 Å². The standard InChI is InChI=1S/C32H29.C21H23.C2H7Si.2ClH.Zr/c1-32(2,3)28-19-17-23(18-20-28)29-16-10-15-26-21-27(22-30(26)29)31(24-11-6-4-7-12-24)25-13-8-5-9-14-25;1-14-12-19-15(2)6-11-18(20(19)13-14)16-7-9-17(10-8-16)21(3,4)5;1-3-2;;;/h4-22,31H,1-3H3;6-13H,1-5H3;3H,1-2H3;2*1H;/q;;;;;+2/p-2. The van der Waals surface area contributed by atoms with E-state index in [-0.39, 0.29) is 24.0 Å². The molecule has 6 aromatic rings. The van der Waals surface area contributed by atoms with E-state index in [1.807, 2.05) is 0 Å². The van der Waals surface area contributed by atoms with Gasteiger partial charge in [-0.25, -0.2) is 0 Å². The van der Waals surface area contributed by atoms with Crippen LogP contribution < -0.4 is 0 Å². The van der Waals surface area contributed by atoms with Crippen LogP contribution in [0.3, 0.4) is 0 Å². The Morgan fingerprint density at radius 3 is 1.49 bits per heavy atom. The van der Waals surface area contributed by atoms with Gasteiger partial charge in [0.25, 0.3) is 0 Å². The van der Waals surface area contributed by atoms with Crippen molar-refractivity contribution in [3.63, 3.8) is 0 Å². The van der Waals surface area contributed by atoms with Crippen LogP contribution in [0, 0.1) is 6.92 Å². The van der Waals surface area contributed by atoms with Gasteiger partial charge in [-0.2, -0.15) is 0 Å². The Balaban J connectivity index is 1.39. The summed E-state index contributed by atoms with van der Waals surface area (Å²) >= 11 is -5.21. The van der Waals surface area contributed by atoms with E-state index in [0.717, 1.165) is 0 Å². The second-order valence-corrected chi connectivity index (χ2v) is 62.3. The molecule has 2 atom stereocenters. The van der Waals surface area contributed by atoms with Gasteiger partial charge in [0.2, 0.25) is 0 Å². The second kappa shape index (κ2) is 15.4. The molecule has 0 saturated heterocycles. The number of allylic oxidation sites excluding steroid dienone is 2. The van der Waals surface area contributed by atoms with E-state index < -0.39 is 21.5 Å². The molecule has 0 heterocycles. The van der Waals surface area contributed by atoms with Crippen LogP contribution in [0.2, 0.25) is 13.1 Å². The van der Waals surface area contributed by atoms with Gasteiger partial charge in [0.15, 0.2) is 0 Å². The molecule has 0 saturated carbocycles. The minimum absolute atomic E-state index is 0.0112. The molecule has 0 fully saturated rings. The quantitative estimate of drug-likeness (QED) is 0.134. The van der Waals surface area contributed by atoms with Gasteiger partial charge in [-0.15, -0.1) is 0 Å². The third-order valence-electron chi connectivity index (χ3n) is 13.6. The van der Waals surface area contributed by atoms with Gasteiger partial charge in [0.05, 0.1) is 0 Å². The molecule has 6 aromatic carbocycles. The number of hydrogen-bond donors (Lipinski definition) is 0. The molecule has 2 aliphatic rings. The first-order valence-electron chi connectivity index (χ1n) is 21.4. The third-order valence-corrected chi connectivity index (χ3v) is 65.6.